The first-order chi connectivity index (χ1) is 9.81. The summed E-state index contributed by atoms with van der Waals surface area (Å²) in [6.07, 6.45) is 6.70. The maximum atomic E-state index is 4.13. The van der Waals surface area contributed by atoms with Gasteiger partial charge < -0.3 is 9.88 Å². The van der Waals surface area contributed by atoms with Gasteiger partial charge in [-0.25, -0.2) is 0 Å². The van der Waals surface area contributed by atoms with Crippen LogP contribution in [-0.2, 0) is 13.6 Å². The second-order valence-electron chi connectivity index (χ2n) is 5.20. The second kappa shape index (κ2) is 7.80. The van der Waals surface area contributed by atoms with Crippen molar-refractivity contribution in [2.45, 2.75) is 45.2 Å². The van der Waals surface area contributed by atoms with Gasteiger partial charge in [-0.05, 0) is 12.0 Å². The standard InChI is InChI=1S/C16H24N4/c1-3-4-6-11-15(14-9-7-5-8-10-14)17-12-16-19-18-13-20(16)2/h5,7-10,13,15,17H,3-4,6,11-12H2,1-2H3. The van der Waals surface area contributed by atoms with Gasteiger partial charge in [0.2, 0.25) is 0 Å². The number of hydrogen-bond acceptors (Lipinski definition) is 3. The molecule has 0 bridgehead atoms. The minimum atomic E-state index is 0.388. The predicted octanol–water partition coefficient (Wildman–Crippen LogP) is 3.23. The zero-order chi connectivity index (χ0) is 14.2. The Kier molecular flexibility index (Phi) is 5.74. The van der Waals surface area contributed by atoms with E-state index in [9.17, 15) is 0 Å². The summed E-state index contributed by atoms with van der Waals surface area (Å²) in [6.45, 7) is 2.99. The lowest BCUT2D eigenvalue weighted by atomic mass is 10.0. The Balaban J connectivity index is 1.97. The number of unbranched alkanes of at least 4 members (excludes halogenated alkanes) is 2. The molecule has 0 saturated carbocycles. The molecule has 0 radical (unpaired) electrons. The summed E-state index contributed by atoms with van der Waals surface area (Å²) in [4.78, 5) is 0. The highest BCUT2D eigenvalue weighted by atomic mass is 15.3. The Morgan fingerprint density at radius 3 is 2.65 bits per heavy atom. The van der Waals surface area contributed by atoms with Gasteiger partial charge in [-0.2, -0.15) is 0 Å². The van der Waals surface area contributed by atoms with Crippen LogP contribution in [0.4, 0.5) is 0 Å². The Bertz CT molecular complexity index is 492. The van der Waals surface area contributed by atoms with Crippen LogP contribution in [0.3, 0.4) is 0 Å². The molecule has 0 amide bonds. The van der Waals surface area contributed by atoms with Gasteiger partial charge in [0, 0.05) is 13.1 Å². The number of hydrogen-bond donors (Lipinski definition) is 1. The van der Waals surface area contributed by atoms with Gasteiger partial charge in [0.15, 0.2) is 0 Å². The molecule has 0 spiro atoms. The Morgan fingerprint density at radius 2 is 2.00 bits per heavy atom. The van der Waals surface area contributed by atoms with E-state index in [-0.39, 0.29) is 0 Å². The summed E-state index contributed by atoms with van der Waals surface area (Å²) < 4.78 is 1.96. The number of nitrogens with zero attached hydrogens (tertiary/aromatic N) is 3. The predicted molar refractivity (Wildman–Crippen MR) is 81.2 cm³/mol. The molecule has 1 aromatic heterocycles. The molecule has 1 unspecified atom stereocenters. The van der Waals surface area contributed by atoms with Crippen LogP contribution >= 0.6 is 0 Å². The molecule has 2 rings (SSSR count). The molecule has 1 heterocycles. The summed E-state index contributed by atoms with van der Waals surface area (Å²) >= 11 is 0. The molecule has 20 heavy (non-hydrogen) atoms. The molecular weight excluding hydrogens is 248 g/mol. The Morgan fingerprint density at radius 1 is 1.20 bits per heavy atom. The third-order valence-corrected chi connectivity index (χ3v) is 3.61. The van der Waals surface area contributed by atoms with Crippen molar-refractivity contribution in [1.82, 2.24) is 20.1 Å². The van der Waals surface area contributed by atoms with Gasteiger partial charge in [0.05, 0.1) is 6.54 Å². The van der Waals surface area contributed by atoms with Gasteiger partial charge in [0.25, 0.3) is 0 Å². The average molecular weight is 272 g/mol. The van der Waals surface area contributed by atoms with Crippen molar-refractivity contribution in [1.29, 1.82) is 0 Å². The van der Waals surface area contributed by atoms with Gasteiger partial charge in [-0.1, -0.05) is 56.5 Å². The lowest BCUT2D eigenvalue weighted by Gasteiger charge is -2.19. The molecule has 0 saturated heterocycles. The highest BCUT2D eigenvalue weighted by Gasteiger charge is 2.11. The van der Waals surface area contributed by atoms with E-state index in [1.165, 1.54) is 24.8 Å². The molecular formula is C16H24N4. The first kappa shape index (κ1) is 14.7. The Hall–Kier alpha value is -1.68. The fourth-order valence-electron chi connectivity index (χ4n) is 2.35. The maximum absolute atomic E-state index is 4.13. The third kappa shape index (κ3) is 4.17. The molecule has 108 valence electrons. The molecule has 2 aromatic rings. The van der Waals surface area contributed by atoms with Crippen LogP contribution in [0.5, 0.6) is 0 Å². The smallest absolute Gasteiger partial charge is 0.146 e. The fraction of sp³-hybridized carbons (Fsp3) is 0.500. The van der Waals surface area contributed by atoms with E-state index in [1.54, 1.807) is 6.33 Å². The van der Waals surface area contributed by atoms with Crippen LogP contribution in [-0.4, -0.2) is 14.8 Å². The molecule has 1 N–H and O–H groups in total. The van der Waals surface area contributed by atoms with Gasteiger partial charge in [-0.3, -0.25) is 0 Å². The van der Waals surface area contributed by atoms with Gasteiger partial charge >= 0.3 is 0 Å². The molecule has 1 aromatic carbocycles. The molecule has 1 atom stereocenters. The number of rotatable bonds is 8. The van der Waals surface area contributed by atoms with E-state index < -0.39 is 0 Å². The zero-order valence-corrected chi connectivity index (χ0v) is 12.4. The largest absolute Gasteiger partial charge is 0.320 e. The van der Waals surface area contributed by atoms with Gasteiger partial charge in [0.1, 0.15) is 12.2 Å². The van der Waals surface area contributed by atoms with E-state index in [0.717, 1.165) is 18.8 Å². The summed E-state index contributed by atoms with van der Waals surface area (Å²) in [5.74, 6) is 0.974. The average Bonchev–Trinajstić information content (AvgIpc) is 2.89. The molecule has 4 nitrogen and oxygen atoms in total. The topological polar surface area (TPSA) is 42.7 Å². The third-order valence-electron chi connectivity index (χ3n) is 3.61. The van der Waals surface area contributed by atoms with Crippen LogP contribution < -0.4 is 5.32 Å². The van der Waals surface area contributed by atoms with Crippen LogP contribution in [0, 0.1) is 0 Å². The number of benzene rings is 1. The number of nitrogens with one attached hydrogen (secondary N) is 1. The lowest BCUT2D eigenvalue weighted by molar-refractivity contribution is 0.462. The first-order valence-corrected chi connectivity index (χ1v) is 7.42. The second-order valence-corrected chi connectivity index (χ2v) is 5.20. The number of aryl methyl sites for hydroxylation is 1. The van der Waals surface area contributed by atoms with E-state index >= 15 is 0 Å². The van der Waals surface area contributed by atoms with Crippen LogP contribution in [0.15, 0.2) is 36.7 Å². The summed E-state index contributed by atoms with van der Waals surface area (Å²) in [6, 6.07) is 11.0. The first-order valence-electron chi connectivity index (χ1n) is 7.42. The van der Waals surface area contributed by atoms with Crippen molar-refractivity contribution < 1.29 is 0 Å². The zero-order valence-electron chi connectivity index (χ0n) is 12.4. The highest BCUT2D eigenvalue weighted by Crippen LogP contribution is 2.20. The van der Waals surface area contributed by atoms with Crippen molar-refractivity contribution >= 4 is 0 Å². The van der Waals surface area contributed by atoms with Crippen LogP contribution in [0.2, 0.25) is 0 Å². The van der Waals surface area contributed by atoms with Crippen molar-refractivity contribution in [3.05, 3.63) is 48.0 Å². The highest BCUT2D eigenvalue weighted by molar-refractivity contribution is 5.18. The van der Waals surface area contributed by atoms with Crippen molar-refractivity contribution in [3.8, 4) is 0 Å². The Labute approximate surface area is 121 Å². The minimum absolute atomic E-state index is 0.388. The van der Waals surface area contributed by atoms with Crippen LogP contribution in [0.1, 0.15) is 50.0 Å². The fourth-order valence-corrected chi connectivity index (χ4v) is 2.35. The molecule has 4 heteroatoms. The molecule has 0 fully saturated rings. The van der Waals surface area contributed by atoms with E-state index in [1.807, 2.05) is 11.6 Å². The molecule has 0 aliphatic rings. The summed E-state index contributed by atoms with van der Waals surface area (Å²) in [5.41, 5.74) is 1.35. The van der Waals surface area contributed by atoms with Crippen LogP contribution in [0.25, 0.3) is 0 Å². The minimum Gasteiger partial charge on any atom is -0.320 e. The number of aromatic nitrogens is 3. The van der Waals surface area contributed by atoms with Crippen molar-refractivity contribution in [3.63, 3.8) is 0 Å². The van der Waals surface area contributed by atoms with E-state index in [2.05, 4.69) is 52.8 Å². The summed E-state index contributed by atoms with van der Waals surface area (Å²) in [7, 11) is 1.98. The van der Waals surface area contributed by atoms with Crippen molar-refractivity contribution in [2.75, 3.05) is 0 Å². The monoisotopic (exact) mass is 272 g/mol. The maximum Gasteiger partial charge on any atom is 0.146 e. The van der Waals surface area contributed by atoms with E-state index in [0.29, 0.717) is 6.04 Å². The van der Waals surface area contributed by atoms with E-state index in [4.69, 9.17) is 0 Å². The SMILES string of the molecule is CCCCCC(NCc1nncn1C)c1ccccc1. The quantitative estimate of drug-likeness (QED) is 0.750. The lowest BCUT2D eigenvalue weighted by Crippen LogP contribution is -2.22. The summed E-state index contributed by atoms with van der Waals surface area (Å²) in [5, 5.41) is 11.7. The van der Waals surface area contributed by atoms with Crippen molar-refractivity contribution in [2.24, 2.45) is 7.05 Å². The van der Waals surface area contributed by atoms with Gasteiger partial charge in [-0.15, -0.1) is 10.2 Å². The molecule has 0 aliphatic carbocycles. The normalized spacial score (nSPS) is 12.5. The molecule has 0 aliphatic heterocycles.